The highest BCUT2D eigenvalue weighted by atomic mass is 35.5. The fourth-order valence-electron chi connectivity index (χ4n) is 2.49. The fraction of sp³-hybridized carbons (Fsp3) is 0.438. The van der Waals surface area contributed by atoms with Crippen LogP contribution in [-0.4, -0.2) is 44.0 Å². The Bertz CT molecular complexity index is 549. The summed E-state index contributed by atoms with van der Waals surface area (Å²) >= 11 is 5.90. The van der Waals surface area contributed by atoms with Gasteiger partial charge in [0.25, 0.3) is 5.91 Å². The third kappa shape index (κ3) is 3.43. The molecule has 1 amide bonds. The fourth-order valence-corrected chi connectivity index (χ4v) is 2.62. The molecule has 22 heavy (non-hydrogen) atoms. The minimum atomic E-state index is -0.195. The second-order valence-corrected chi connectivity index (χ2v) is 5.55. The number of benzene rings is 1. The van der Waals surface area contributed by atoms with Crippen LogP contribution >= 0.6 is 11.6 Å². The smallest absolute Gasteiger partial charge is 0.253 e. The molecule has 0 saturated heterocycles. The summed E-state index contributed by atoms with van der Waals surface area (Å²) in [4.78, 5) is 16.0. The zero-order chi connectivity index (χ0) is 16.3. The molecule has 0 N–H and O–H groups in total. The molecular formula is C16H21ClN2O3. The van der Waals surface area contributed by atoms with E-state index in [0.717, 1.165) is 11.4 Å². The summed E-state index contributed by atoms with van der Waals surface area (Å²) in [5.74, 6) is -0.0612. The van der Waals surface area contributed by atoms with Gasteiger partial charge in [-0.15, -0.1) is 0 Å². The van der Waals surface area contributed by atoms with Crippen molar-refractivity contribution in [2.45, 2.75) is 26.3 Å². The van der Waals surface area contributed by atoms with Crippen LogP contribution in [0.2, 0.25) is 5.02 Å². The first kappa shape index (κ1) is 16.8. The highest BCUT2D eigenvalue weighted by Crippen LogP contribution is 2.26. The number of rotatable bonds is 6. The van der Waals surface area contributed by atoms with Crippen molar-refractivity contribution in [3.05, 3.63) is 41.1 Å². The lowest BCUT2D eigenvalue weighted by Gasteiger charge is -2.35. The maximum atomic E-state index is 12.3. The van der Waals surface area contributed by atoms with Crippen LogP contribution in [0.4, 0.5) is 5.69 Å². The van der Waals surface area contributed by atoms with E-state index in [1.807, 2.05) is 30.9 Å². The minimum Gasteiger partial charge on any atom is -0.362 e. The van der Waals surface area contributed by atoms with Crippen LogP contribution in [0.5, 0.6) is 0 Å². The third-order valence-corrected chi connectivity index (χ3v) is 4.06. The Morgan fingerprint density at radius 1 is 1.14 bits per heavy atom. The van der Waals surface area contributed by atoms with Gasteiger partial charge in [0.1, 0.15) is 12.5 Å². The molecule has 2 rings (SSSR count). The number of amides is 1. The molecule has 2 atom stereocenters. The van der Waals surface area contributed by atoms with Crippen LogP contribution in [0, 0.1) is 0 Å². The lowest BCUT2D eigenvalue weighted by molar-refractivity contribution is -0.113. The Hall–Kier alpha value is -1.56. The van der Waals surface area contributed by atoms with Crippen LogP contribution in [0.1, 0.15) is 13.8 Å². The molecule has 1 aliphatic rings. The van der Waals surface area contributed by atoms with Crippen molar-refractivity contribution >= 4 is 23.2 Å². The molecule has 0 aromatic heterocycles. The van der Waals surface area contributed by atoms with Crippen LogP contribution in [-0.2, 0) is 14.3 Å². The van der Waals surface area contributed by atoms with Gasteiger partial charge in [0.15, 0.2) is 0 Å². The lowest BCUT2D eigenvalue weighted by atomic mass is 10.3. The summed E-state index contributed by atoms with van der Waals surface area (Å²) in [5.41, 5.74) is 1.68. The highest BCUT2D eigenvalue weighted by molar-refractivity contribution is 6.30. The van der Waals surface area contributed by atoms with Crippen molar-refractivity contribution in [2.75, 3.05) is 25.7 Å². The average Bonchev–Trinajstić information content (AvgIpc) is 2.89. The SMILES string of the molecule is COC(C)N(C1=CC(=O)N(c2ccc(Cl)cc2)C1)C(C)OC. The summed E-state index contributed by atoms with van der Waals surface area (Å²) in [6.07, 6.45) is 1.23. The van der Waals surface area contributed by atoms with Crippen LogP contribution in [0.3, 0.4) is 0 Å². The van der Waals surface area contributed by atoms with Gasteiger partial charge in [0.05, 0.1) is 6.54 Å². The van der Waals surface area contributed by atoms with Gasteiger partial charge in [-0.1, -0.05) is 11.6 Å². The van der Waals surface area contributed by atoms with Gasteiger partial charge in [0, 0.05) is 36.7 Å². The Morgan fingerprint density at radius 2 is 1.68 bits per heavy atom. The van der Waals surface area contributed by atoms with Crippen LogP contribution < -0.4 is 4.90 Å². The van der Waals surface area contributed by atoms with Crippen LogP contribution in [0.15, 0.2) is 36.0 Å². The van der Waals surface area contributed by atoms with Crippen LogP contribution in [0.25, 0.3) is 0 Å². The number of nitrogens with zero attached hydrogens (tertiary/aromatic N) is 2. The molecule has 0 aliphatic carbocycles. The number of carbonyl (C=O) groups excluding carboxylic acids is 1. The molecule has 1 aromatic carbocycles. The minimum absolute atomic E-state index is 0.0612. The molecule has 0 saturated carbocycles. The molecule has 0 bridgehead atoms. The Kier molecular flexibility index (Phi) is 5.45. The van der Waals surface area contributed by atoms with E-state index >= 15 is 0 Å². The van der Waals surface area contributed by atoms with E-state index in [1.165, 1.54) is 0 Å². The molecule has 1 aliphatic heterocycles. The third-order valence-electron chi connectivity index (χ3n) is 3.81. The summed E-state index contributed by atoms with van der Waals surface area (Å²) in [6, 6.07) is 7.21. The molecule has 0 fully saturated rings. The first-order valence-corrected chi connectivity index (χ1v) is 7.47. The van der Waals surface area contributed by atoms with Crippen molar-refractivity contribution in [1.82, 2.24) is 4.90 Å². The zero-order valence-electron chi connectivity index (χ0n) is 13.2. The number of anilines is 1. The van der Waals surface area contributed by atoms with E-state index in [9.17, 15) is 4.79 Å². The van der Waals surface area contributed by atoms with Crippen molar-refractivity contribution in [3.8, 4) is 0 Å². The molecule has 1 aromatic rings. The average molecular weight is 325 g/mol. The van der Waals surface area contributed by atoms with E-state index in [0.29, 0.717) is 11.6 Å². The van der Waals surface area contributed by atoms with Gasteiger partial charge in [-0.25, -0.2) is 0 Å². The number of hydrogen-bond donors (Lipinski definition) is 0. The van der Waals surface area contributed by atoms with Crippen molar-refractivity contribution < 1.29 is 14.3 Å². The van der Waals surface area contributed by atoms with E-state index in [4.69, 9.17) is 21.1 Å². The predicted octanol–water partition coefficient (Wildman–Crippen LogP) is 2.86. The van der Waals surface area contributed by atoms with Crippen molar-refractivity contribution in [2.24, 2.45) is 0 Å². The molecule has 1 heterocycles. The topological polar surface area (TPSA) is 42.0 Å². The van der Waals surface area contributed by atoms with Crippen molar-refractivity contribution in [1.29, 1.82) is 0 Å². The monoisotopic (exact) mass is 324 g/mol. The van der Waals surface area contributed by atoms with E-state index in [-0.39, 0.29) is 18.4 Å². The van der Waals surface area contributed by atoms with Crippen molar-refractivity contribution in [3.63, 3.8) is 0 Å². The maximum absolute atomic E-state index is 12.3. The Morgan fingerprint density at radius 3 is 2.18 bits per heavy atom. The number of methoxy groups -OCH3 is 2. The molecule has 5 nitrogen and oxygen atoms in total. The Labute approximate surface area is 136 Å². The largest absolute Gasteiger partial charge is 0.362 e. The van der Waals surface area contributed by atoms with Gasteiger partial charge in [-0.05, 0) is 38.1 Å². The first-order chi connectivity index (χ1) is 10.5. The molecule has 120 valence electrons. The number of carbonyl (C=O) groups is 1. The van der Waals surface area contributed by atoms with E-state index in [1.54, 1.807) is 37.3 Å². The summed E-state index contributed by atoms with van der Waals surface area (Å²) in [7, 11) is 3.27. The van der Waals surface area contributed by atoms with Gasteiger partial charge < -0.3 is 19.3 Å². The number of ether oxygens (including phenoxy) is 2. The highest BCUT2D eigenvalue weighted by Gasteiger charge is 2.31. The second-order valence-electron chi connectivity index (χ2n) is 5.11. The summed E-state index contributed by atoms with van der Waals surface area (Å²) in [5, 5.41) is 0.645. The molecular weight excluding hydrogens is 304 g/mol. The molecule has 6 heteroatoms. The normalized spacial score (nSPS) is 17.4. The summed E-state index contributed by atoms with van der Waals surface area (Å²) in [6.45, 7) is 4.32. The van der Waals surface area contributed by atoms with Gasteiger partial charge >= 0.3 is 0 Å². The molecule has 0 spiro atoms. The maximum Gasteiger partial charge on any atom is 0.253 e. The molecule has 0 radical (unpaired) electrons. The van der Waals surface area contributed by atoms with Gasteiger partial charge in [-0.3, -0.25) is 4.79 Å². The van der Waals surface area contributed by atoms with E-state index < -0.39 is 0 Å². The van der Waals surface area contributed by atoms with E-state index in [2.05, 4.69) is 0 Å². The molecule has 2 unspecified atom stereocenters. The lowest BCUT2D eigenvalue weighted by Crippen LogP contribution is -2.43. The quantitative estimate of drug-likeness (QED) is 0.755. The first-order valence-electron chi connectivity index (χ1n) is 7.09. The predicted molar refractivity (Wildman–Crippen MR) is 86.7 cm³/mol. The standard InChI is InChI=1S/C16H21ClN2O3/c1-11(21-3)19(12(2)22-4)15-9-16(20)18(10-15)14-7-5-13(17)6-8-14/h5-9,11-12H,10H2,1-4H3. The summed E-state index contributed by atoms with van der Waals surface area (Å²) < 4.78 is 10.8. The Balaban J connectivity index is 2.21. The number of hydrogen-bond acceptors (Lipinski definition) is 4. The second kappa shape index (κ2) is 7.13. The number of halogens is 1. The van der Waals surface area contributed by atoms with Gasteiger partial charge in [0.2, 0.25) is 0 Å². The zero-order valence-corrected chi connectivity index (χ0v) is 14.0. The van der Waals surface area contributed by atoms with Gasteiger partial charge in [-0.2, -0.15) is 0 Å².